The molecule has 2 atom stereocenters. The molecule has 1 aliphatic heterocycles. The van der Waals surface area contributed by atoms with Crippen LogP contribution in [0.5, 0.6) is 0 Å². The van der Waals surface area contributed by atoms with Crippen molar-refractivity contribution >= 4 is 22.8 Å². The van der Waals surface area contributed by atoms with Crippen LogP contribution in [0.15, 0.2) is 24.3 Å². The minimum absolute atomic E-state index is 0.0213. The van der Waals surface area contributed by atoms with E-state index in [9.17, 15) is 9.59 Å². The minimum Gasteiger partial charge on any atom is -0.452 e. The fourth-order valence-electron chi connectivity index (χ4n) is 3.64. The van der Waals surface area contributed by atoms with E-state index in [1.807, 2.05) is 52.0 Å². The Morgan fingerprint density at radius 3 is 2.56 bits per heavy atom. The maximum atomic E-state index is 12.7. The number of morpholine rings is 1. The predicted molar refractivity (Wildman–Crippen MR) is 103 cm³/mol. The molecule has 0 spiro atoms. The molecular weight excluding hydrogens is 344 g/mol. The number of hydrogen-bond donors (Lipinski definition) is 0. The SMILES string of the molecule is CCc1nc2ccccc2c(C)c1C(=O)OCC(=O)N1C[C@H](C)O[C@@H](C)C1. The first kappa shape index (κ1) is 19.3. The van der Waals surface area contributed by atoms with Gasteiger partial charge in [-0.25, -0.2) is 4.79 Å². The highest BCUT2D eigenvalue weighted by atomic mass is 16.5. The molecule has 1 aromatic heterocycles. The Hall–Kier alpha value is -2.47. The van der Waals surface area contributed by atoms with Crippen molar-refractivity contribution in [2.45, 2.75) is 46.3 Å². The Bertz CT molecular complexity index is 855. The van der Waals surface area contributed by atoms with Crippen LogP contribution in [0.2, 0.25) is 0 Å². The zero-order valence-corrected chi connectivity index (χ0v) is 16.3. The number of esters is 1. The third kappa shape index (κ3) is 4.11. The number of fused-ring (bicyclic) bond motifs is 1. The molecule has 1 aliphatic rings. The molecule has 3 rings (SSSR count). The molecule has 1 fully saturated rings. The van der Waals surface area contributed by atoms with Gasteiger partial charge in [0.05, 0.1) is 29.0 Å². The highest BCUT2D eigenvalue weighted by molar-refractivity contribution is 5.99. The molecule has 6 nitrogen and oxygen atoms in total. The Labute approximate surface area is 159 Å². The van der Waals surface area contributed by atoms with Gasteiger partial charge in [0.15, 0.2) is 6.61 Å². The van der Waals surface area contributed by atoms with Crippen LogP contribution in [0.25, 0.3) is 10.9 Å². The summed E-state index contributed by atoms with van der Waals surface area (Å²) in [5.74, 6) is -0.694. The third-order valence-electron chi connectivity index (χ3n) is 4.87. The van der Waals surface area contributed by atoms with Gasteiger partial charge in [-0.15, -0.1) is 0 Å². The number of carbonyl (C=O) groups excluding carboxylic acids is 2. The molecule has 1 amide bonds. The summed E-state index contributed by atoms with van der Waals surface area (Å²) in [5, 5.41) is 0.920. The Morgan fingerprint density at radius 2 is 1.89 bits per heavy atom. The van der Waals surface area contributed by atoms with Gasteiger partial charge >= 0.3 is 5.97 Å². The van der Waals surface area contributed by atoms with Crippen molar-refractivity contribution in [3.63, 3.8) is 0 Å². The molecule has 0 radical (unpaired) electrons. The molecule has 6 heteroatoms. The lowest BCUT2D eigenvalue weighted by molar-refractivity contribution is -0.146. The maximum Gasteiger partial charge on any atom is 0.340 e. The molecule has 144 valence electrons. The number of aromatic nitrogens is 1. The van der Waals surface area contributed by atoms with Crippen LogP contribution in [0, 0.1) is 6.92 Å². The third-order valence-corrected chi connectivity index (χ3v) is 4.87. The van der Waals surface area contributed by atoms with Crippen molar-refractivity contribution in [3.8, 4) is 0 Å². The number of amides is 1. The first-order chi connectivity index (χ1) is 12.9. The molecule has 1 saturated heterocycles. The number of benzene rings is 1. The fourth-order valence-corrected chi connectivity index (χ4v) is 3.64. The van der Waals surface area contributed by atoms with E-state index < -0.39 is 5.97 Å². The Balaban J connectivity index is 1.76. The highest BCUT2D eigenvalue weighted by Gasteiger charge is 2.27. The van der Waals surface area contributed by atoms with Gasteiger partial charge in [-0.2, -0.15) is 0 Å². The number of carbonyl (C=O) groups is 2. The van der Waals surface area contributed by atoms with E-state index in [-0.39, 0.29) is 24.7 Å². The summed E-state index contributed by atoms with van der Waals surface area (Å²) in [6.45, 7) is 8.46. The van der Waals surface area contributed by atoms with Crippen LogP contribution in [-0.4, -0.2) is 53.7 Å². The summed E-state index contributed by atoms with van der Waals surface area (Å²) >= 11 is 0. The predicted octanol–water partition coefficient (Wildman–Crippen LogP) is 2.90. The minimum atomic E-state index is -0.495. The molecule has 0 bridgehead atoms. The summed E-state index contributed by atoms with van der Waals surface area (Å²) in [4.78, 5) is 31.5. The lowest BCUT2D eigenvalue weighted by atomic mass is 10.0. The first-order valence-electron chi connectivity index (χ1n) is 9.39. The Morgan fingerprint density at radius 1 is 1.22 bits per heavy atom. The molecule has 2 heterocycles. The number of hydrogen-bond acceptors (Lipinski definition) is 5. The number of pyridine rings is 1. The van der Waals surface area contributed by atoms with E-state index in [0.717, 1.165) is 16.5 Å². The second-order valence-electron chi connectivity index (χ2n) is 7.06. The molecule has 1 aromatic carbocycles. The zero-order valence-electron chi connectivity index (χ0n) is 16.3. The van der Waals surface area contributed by atoms with Crippen molar-refractivity contribution in [2.75, 3.05) is 19.7 Å². The van der Waals surface area contributed by atoms with Crippen LogP contribution in [0.1, 0.15) is 42.4 Å². The van der Waals surface area contributed by atoms with Crippen molar-refractivity contribution < 1.29 is 19.1 Å². The summed E-state index contributed by atoms with van der Waals surface area (Å²) < 4.78 is 11.0. The molecule has 0 N–H and O–H groups in total. The largest absolute Gasteiger partial charge is 0.452 e. The van der Waals surface area contributed by atoms with E-state index in [1.54, 1.807) is 4.90 Å². The topological polar surface area (TPSA) is 68.7 Å². The fraction of sp³-hybridized carbons (Fsp3) is 0.476. The van der Waals surface area contributed by atoms with Crippen LogP contribution in [0.3, 0.4) is 0 Å². The van der Waals surface area contributed by atoms with Crippen LogP contribution >= 0.6 is 0 Å². The average Bonchev–Trinajstić information content (AvgIpc) is 2.64. The Kier molecular flexibility index (Phi) is 5.75. The molecule has 0 saturated carbocycles. The lowest BCUT2D eigenvalue weighted by Crippen LogP contribution is -2.49. The number of aryl methyl sites for hydroxylation is 2. The summed E-state index contributed by atoms with van der Waals surface area (Å²) in [6.07, 6.45) is 0.571. The van der Waals surface area contributed by atoms with Gasteiger partial charge in [0.25, 0.3) is 5.91 Å². The molecule has 0 aliphatic carbocycles. The van der Waals surface area contributed by atoms with Crippen LogP contribution < -0.4 is 0 Å². The monoisotopic (exact) mass is 370 g/mol. The van der Waals surface area contributed by atoms with Gasteiger partial charge in [-0.1, -0.05) is 25.1 Å². The van der Waals surface area contributed by atoms with Crippen molar-refractivity contribution in [1.29, 1.82) is 0 Å². The number of para-hydroxylation sites is 1. The number of rotatable bonds is 4. The van der Waals surface area contributed by atoms with Crippen molar-refractivity contribution in [3.05, 3.63) is 41.1 Å². The van der Waals surface area contributed by atoms with Gasteiger partial charge in [-0.3, -0.25) is 9.78 Å². The van der Waals surface area contributed by atoms with E-state index in [1.165, 1.54) is 0 Å². The summed E-state index contributed by atoms with van der Waals surface area (Å²) in [7, 11) is 0. The van der Waals surface area contributed by atoms with E-state index in [0.29, 0.717) is 30.8 Å². The van der Waals surface area contributed by atoms with Gasteiger partial charge in [-0.05, 0) is 38.8 Å². The zero-order chi connectivity index (χ0) is 19.6. The molecule has 0 unspecified atom stereocenters. The first-order valence-corrected chi connectivity index (χ1v) is 9.39. The second-order valence-corrected chi connectivity index (χ2v) is 7.06. The molecule has 2 aromatic rings. The smallest absolute Gasteiger partial charge is 0.340 e. The lowest BCUT2D eigenvalue weighted by Gasteiger charge is -2.35. The van der Waals surface area contributed by atoms with Gasteiger partial charge in [0.2, 0.25) is 0 Å². The second kappa shape index (κ2) is 8.05. The van der Waals surface area contributed by atoms with Gasteiger partial charge in [0.1, 0.15) is 0 Å². The van der Waals surface area contributed by atoms with Crippen molar-refractivity contribution in [1.82, 2.24) is 9.88 Å². The standard InChI is InChI=1S/C21H26N2O4/c1-5-17-20(15(4)16-8-6-7-9-18(16)22-17)21(25)26-12-19(24)23-10-13(2)27-14(3)11-23/h6-9,13-14H,5,10-12H2,1-4H3/t13-,14-/m0/s1. The van der Waals surface area contributed by atoms with Crippen LogP contribution in [-0.2, 0) is 20.7 Å². The summed E-state index contributed by atoms with van der Waals surface area (Å²) in [6, 6.07) is 7.72. The maximum absolute atomic E-state index is 12.7. The molecule has 27 heavy (non-hydrogen) atoms. The highest BCUT2D eigenvalue weighted by Crippen LogP contribution is 2.24. The van der Waals surface area contributed by atoms with Gasteiger partial charge < -0.3 is 14.4 Å². The number of ether oxygens (including phenoxy) is 2. The molecular formula is C21H26N2O4. The summed E-state index contributed by atoms with van der Waals surface area (Å²) in [5.41, 5.74) is 2.85. The van der Waals surface area contributed by atoms with Crippen molar-refractivity contribution in [2.24, 2.45) is 0 Å². The quantitative estimate of drug-likeness (QED) is 0.774. The van der Waals surface area contributed by atoms with Crippen LogP contribution in [0.4, 0.5) is 0 Å². The van der Waals surface area contributed by atoms with E-state index in [4.69, 9.17) is 9.47 Å². The average molecular weight is 370 g/mol. The number of nitrogens with zero attached hydrogens (tertiary/aromatic N) is 2. The van der Waals surface area contributed by atoms with E-state index >= 15 is 0 Å². The van der Waals surface area contributed by atoms with E-state index in [2.05, 4.69) is 4.98 Å². The normalized spacial score (nSPS) is 19.9. The van der Waals surface area contributed by atoms with Gasteiger partial charge in [0, 0.05) is 18.5 Å².